The van der Waals surface area contributed by atoms with Gasteiger partial charge in [0.25, 0.3) is 0 Å². The van der Waals surface area contributed by atoms with E-state index in [-0.39, 0.29) is 11.8 Å². The summed E-state index contributed by atoms with van der Waals surface area (Å²) in [5.74, 6) is -0.831. The lowest BCUT2D eigenvalue weighted by Gasteiger charge is -2.18. The molecule has 5 nitrogen and oxygen atoms in total. The summed E-state index contributed by atoms with van der Waals surface area (Å²) in [5.41, 5.74) is 2.02. The van der Waals surface area contributed by atoms with Crippen LogP contribution in [0.5, 0.6) is 0 Å². The lowest BCUT2D eigenvalue weighted by atomic mass is 10.2. The highest BCUT2D eigenvalue weighted by atomic mass is 32.2. The Morgan fingerprint density at radius 3 is 2.85 bits per heavy atom. The minimum absolute atomic E-state index is 0.00903. The van der Waals surface area contributed by atoms with Crippen LogP contribution in [0, 0.1) is 0 Å². The quantitative estimate of drug-likeness (QED) is 0.829. The van der Waals surface area contributed by atoms with E-state index in [0.717, 1.165) is 23.0 Å². The molecule has 20 heavy (non-hydrogen) atoms. The highest BCUT2D eigenvalue weighted by Crippen LogP contribution is 2.26. The predicted molar refractivity (Wildman–Crippen MR) is 78.0 cm³/mol. The van der Waals surface area contributed by atoms with Crippen molar-refractivity contribution in [2.45, 2.75) is 31.5 Å². The molecule has 2 heterocycles. The summed E-state index contributed by atoms with van der Waals surface area (Å²) in [5, 5.41) is 9.54. The van der Waals surface area contributed by atoms with Gasteiger partial charge >= 0.3 is 5.97 Å². The number of carbonyl (C=O) groups is 1. The maximum atomic E-state index is 10.7. The minimum Gasteiger partial charge on any atom is -0.481 e. The molecule has 106 valence electrons. The summed E-state index contributed by atoms with van der Waals surface area (Å²) in [6, 6.07) is 5.83. The zero-order valence-corrected chi connectivity index (χ0v) is 12.3. The van der Waals surface area contributed by atoms with E-state index in [0.29, 0.717) is 0 Å². The van der Waals surface area contributed by atoms with Crippen LogP contribution < -0.4 is 0 Å². The highest BCUT2D eigenvalue weighted by molar-refractivity contribution is 7.99. The molecule has 1 atom stereocenters. The Hall–Kier alpha value is -1.82. The van der Waals surface area contributed by atoms with Crippen LogP contribution in [0.2, 0.25) is 0 Å². The summed E-state index contributed by atoms with van der Waals surface area (Å²) in [7, 11) is 0. The maximum absolute atomic E-state index is 10.7. The monoisotopic (exact) mass is 291 g/mol. The van der Waals surface area contributed by atoms with E-state index < -0.39 is 5.97 Å². The van der Waals surface area contributed by atoms with Gasteiger partial charge in [-0.2, -0.15) is 0 Å². The van der Waals surface area contributed by atoms with Gasteiger partial charge in [-0.05, 0) is 25.5 Å². The number of imidazole rings is 1. The molecule has 0 fully saturated rings. The molecule has 0 aliphatic carbocycles. The van der Waals surface area contributed by atoms with Crippen molar-refractivity contribution in [2.24, 2.45) is 0 Å². The first-order chi connectivity index (χ1) is 9.63. The van der Waals surface area contributed by atoms with Gasteiger partial charge in [0, 0.05) is 18.1 Å². The molecule has 2 aromatic heterocycles. The van der Waals surface area contributed by atoms with Gasteiger partial charge in [-0.15, -0.1) is 0 Å². The van der Waals surface area contributed by atoms with Gasteiger partial charge in [-0.3, -0.25) is 9.78 Å². The Balaban J connectivity index is 2.33. The number of aromatic nitrogens is 3. The molecule has 0 aliphatic heterocycles. The molecule has 0 bridgehead atoms. The molecule has 1 unspecified atom stereocenters. The van der Waals surface area contributed by atoms with E-state index in [4.69, 9.17) is 5.11 Å². The largest absolute Gasteiger partial charge is 0.481 e. The molecule has 0 saturated carbocycles. The summed E-state index contributed by atoms with van der Waals surface area (Å²) in [6.45, 7) is 4.11. The number of pyridine rings is 1. The van der Waals surface area contributed by atoms with Gasteiger partial charge in [0.05, 0.1) is 17.5 Å². The number of rotatable bonds is 6. The average molecular weight is 291 g/mol. The fraction of sp³-hybridized carbons (Fsp3) is 0.357. The maximum Gasteiger partial charge on any atom is 0.313 e. The third-order valence-electron chi connectivity index (χ3n) is 3.03. The van der Waals surface area contributed by atoms with Crippen molar-refractivity contribution in [2.75, 3.05) is 5.75 Å². The number of aliphatic carboxylic acids is 1. The average Bonchev–Trinajstić information content (AvgIpc) is 2.88. The van der Waals surface area contributed by atoms with Crippen molar-refractivity contribution < 1.29 is 9.90 Å². The highest BCUT2D eigenvalue weighted by Gasteiger charge is 2.18. The molecule has 0 aliphatic rings. The third-order valence-corrected chi connectivity index (χ3v) is 3.98. The second-order valence-electron chi connectivity index (χ2n) is 4.37. The Labute approximate surface area is 122 Å². The van der Waals surface area contributed by atoms with E-state index in [1.54, 1.807) is 6.20 Å². The van der Waals surface area contributed by atoms with Gasteiger partial charge < -0.3 is 9.67 Å². The predicted octanol–water partition coefficient (Wildman–Crippen LogP) is 2.63. The normalized spacial score (nSPS) is 12.3. The van der Waals surface area contributed by atoms with Crippen molar-refractivity contribution in [1.82, 2.24) is 14.5 Å². The second kappa shape index (κ2) is 6.56. The van der Waals surface area contributed by atoms with E-state index in [1.807, 2.05) is 31.3 Å². The van der Waals surface area contributed by atoms with E-state index in [9.17, 15) is 4.79 Å². The van der Waals surface area contributed by atoms with Gasteiger partial charge in [0.1, 0.15) is 0 Å². The molecule has 1 N–H and O–H groups in total. The molecule has 6 heteroatoms. The molecule has 2 aromatic rings. The Bertz CT molecular complexity index is 583. The molecule has 0 aromatic carbocycles. The van der Waals surface area contributed by atoms with Crippen molar-refractivity contribution in [3.05, 3.63) is 42.0 Å². The second-order valence-corrected chi connectivity index (χ2v) is 5.31. The Kier molecular flexibility index (Phi) is 4.79. The Morgan fingerprint density at radius 2 is 2.25 bits per heavy atom. The zero-order chi connectivity index (χ0) is 14.5. The first-order valence-corrected chi connectivity index (χ1v) is 7.43. The van der Waals surface area contributed by atoms with Crippen LogP contribution in [0.1, 0.15) is 31.3 Å². The minimum atomic E-state index is -0.840. The topological polar surface area (TPSA) is 68.0 Å². The van der Waals surface area contributed by atoms with Gasteiger partial charge in [0.2, 0.25) is 0 Å². The summed E-state index contributed by atoms with van der Waals surface area (Å²) in [4.78, 5) is 19.4. The van der Waals surface area contributed by atoms with Crippen LogP contribution in [-0.2, 0) is 11.2 Å². The number of hydrogen-bond donors (Lipinski definition) is 1. The molecule has 0 saturated heterocycles. The Morgan fingerprint density at radius 1 is 1.45 bits per heavy atom. The van der Waals surface area contributed by atoms with Crippen molar-refractivity contribution in [3.63, 3.8) is 0 Å². The smallest absolute Gasteiger partial charge is 0.313 e. The number of aryl methyl sites for hydroxylation is 1. The molecular weight excluding hydrogens is 274 g/mol. The first-order valence-electron chi connectivity index (χ1n) is 6.45. The summed E-state index contributed by atoms with van der Waals surface area (Å²) >= 11 is 1.24. The molecular formula is C14H17N3O2S. The molecule has 2 rings (SSSR count). The fourth-order valence-corrected chi connectivity index (χ4v) is 2.84. The zero-order valence-electron chi connectivity index (χ0n) is 11.5. The number of nitrogens with zero attached hydrogens (tertiary/aromatic N) is 3. The number of hydrogen-bond acceptors (Lipinski definition) is 4. The van der Waals surface area contributed by atoms with Crippen LogP contribution in [0.15, 0.2) is 35.7 Å². The van der Waals surface area contributed by atoms with Crippen molar-refractivity contribution >= 4 is 17.7 Å². The molecule has 0 radical (unpaired) electrons. The van der Waals surface area contributed by atoms with Crippen LogP contribution in [0.4, 0.5) is 0 Å². The third kappa shape index (κ3) is 3.19. The van der Waals surface area contributed by atoms with Crippen LogP contribution >= 0.6 is 11.8 Å². The van der Waals surface area contributed by atoms with E-state index in [1.165, 1.54) is 11.8 Å². The van der Waals surface area contributed by atoms with Crippen molar-refractivity contribution in [3.8, 4) is 0 Å². The van der Waals surface area contributed by atoms with Gasteiger partial charge in [-0.1, -0.05) is 24.8 Å². The summed E-state index contributed by atoms with van der Waals surface area (Å²) in [6.07, 6.45) is 4.42. The number of carboxylic acids is 1. The SMILES string of the molecule is CCc1cnc(SCC(=O)O)n1C(C)c1ccccn1. The number of thioether (sulfide) groups is 1. The van der Waals surface area contributed by atoms with Gasteiger partial charge in [-0.25, -0.2) is 4.98 Å². The van der Waals surface area contributed by atoms with Gasteiger partial charge in [0.15, 0.2) is 5.16 Å². The van der Waals surface area contributed by atoms with E-state index >= 15 is 0 Å². The lowest BCUT2D eigenvalue weighted by Crippen LogP contribution is -2.13. The van der Waals surface area contributed by atoms with Crippen LogP contribution in [0.3, 0.4) is 0 Å². The number of carboxylic acid groups (broad SMARTS) is 1. The fourth-order valence-electron chi connectivity index (χ4n) is 2.04. The van der Waals surface area contributed by atoms with Crippen LogP contribution in [-0.4, -0.2) is 31.4 Å². The standard InChI is InChI=1S/C14H17N3O2S/c1-3-11-8-16-14(20-9-13(18)19)17(11)10(2)12-6-4-5-7-15-12/h4-8,10H,3,9H2,1-2H3,(H,18,19). The first kappa shape index (κ1) is 14.6. The summed E-state index contributed by atoms with van der Waals surface area (Å²) < 4.78 is 2.07. The van der Waals surface area contributed by atoms with Crippen molar-refractivity contribution in [1.29, 1.82) is 0 Å². The van der Waals surface area contributed by atoms with Crippen LogP contribution in [0.25, 0.3) is 0 Å². The lowest BCUT2D eigenvalue weighted by molar-refractivity contribution is -0.133. The van der Waals surface area contributed by atoms with E-state index in [2.05, 4.69) is 21.5 Å². The molecule has 0 spiro atoms. The molecule has 0 amide bonds.